The van der Waals surface area contributed by atoms with Crippen molar-refractivity contribution in [2.24, 2.45) is 0 Å². The number of benzene rings is 1. The molecular weight excluding hydrogens is 477 g/mol. The molecule has 0 saturated heterocycles. The summed E-state index contributed by atoms with van der Waals surface area (Å²) < 4.78 is 23.8. The Kier molecular flexibility index (Phi) is 6.47. The zero-order valence-corrected chi connectivity index (χ0v) is 18.6. The Morgan fingerprint density at radius 2 is 1.93 bits per heavy atom. The van der Waals surface area contributed by atoms with Gasteiger partial charge in [-0.15, -0.1) is 0 Å². The van der Waals surface area contributed by atoms with Crippen LogP contribution in [0.1, 0.15) is 43.0 Å². The highest BCUT2D eigenvalue weighted by Gasteiger charge is 2.25. The van der Waals surface area contributed by atoms with Crippen LogP contribution in [0.3, 0.4) is 0 Å². The number of hydrogen-bond donors (Lipinski definition) is 3. The number of carbonyl (C=O) groups is 1. The molecule has 27 heavy (non-hydrogen) atoms. The third-order valence-electron chi connectivity index (χ3n) is 5.00. The van der Waals surface area contributed by atoms with Crippen molar-refractivity contribution in [3.8, 4) is 0 Å². The first-order chi connectivity index (χ1) is 12.7. The standard InChI is InChI=1S/C19H26IN3O3S/c1-12(11-27(2,25)26)22-15-3-5-16(6-4-15)23-19(24)17-10-14(20)9-13-7-8-21-18(13)17/h7-10,12,15-16,21-22H,3-6,11H2,1-2H3,(H,23,24). The molecule has 1 aliphatic rings. The molecule has 1 aromatic heterocycles. The molecule has 0 radical (unpaired) electrons. The molecule has 1 fully saturated rings. The monoisotopic (exact) mass is 503 g/mol. The lowest BCUT2D eigenvalue weighted by atomic mass is 9.90. The number of amides is 1. The summed E-state index contributed by atoms with van der Waals surface area (Å²) in [6.45, 7) is 1.91. The molecule has 0 spiro atoms. The van der Waals surface area contributed by atoms with E-state index in [1.165, 1.54) is 6.26 Å². The van der Waals surface area contributed by atoms with Gasteiger partial charge in [-0.2, -0.15) is 0 Å². The van der Waals surface area contributed by atoms with Crippen LogP contribution < -0.4 is 10.6 Å². The Labute approximate surface area is 173 Å². The number of aromatic amines is 1. The quantitative estimate of drug-likeness (QED) is 0.529. The van der Waals surface area contributed by atoms with Gasteiger partial charge in [0.1, 0.15) is 9.84 Å². The lowest BCUT2D eigenvalue weighted by molar-refractivity contribution is 0.0925. The highest BCUT2D eigenvalue weighted by atomic mass is 127. The third-order valence-corrected chi connectivity index (χ3v) is 6.73. The number of hydrogen-bond acceptors (Lipinski definition) is 4. The Morgan fingerprint density at radius 3 is 2.59 bits per heavy atom. The summed E-state index contributed by atoms with van der Waals surface area (Å²) in [5, 5.41) is 7.62. The van der Waals surface area contributed by atoms with Crippen LogP contribution in [0, 0.1) is 3.57 Å². The largest absolute Gasteiger partial charge is 0.361 e. The second-order valence-electron chi connectivity index (χ2n) is 7.58. The molecule has 8 heteroatoms. The molecule has 1 aromatic carbocycles. The number of sulfone groups is 1. The molecule has 1 amide bonds. The molecule has 2 aromatic rings. The van der Waals surface area contributed by atoms with Crippen molar-refractivity contribution in [3.63, 3.8) is 0 Å². The van der Waals surface area contributed by atoms with Crippen LogP contribution in [0.5, 0.6) is 0 Å². The van der Waals surface area contributed by atoms with Crippen LogP contribution in [0.2, 0.25) is 0 Å². The minimum Gasteiger partial charge on any atom is -0.361 e. The topological polar surface area (TPSA) is 91.1 Å². The summed E-state index contributed by atoms with van der Waals surface area (Å²) in [5.74, 6) is 0.116. The Hall–Kier alpha value is -1.13. The molecule has 1 saturated carbocycles. The van der Waals surface area contributed by atoms with E-state index in [-0.39, 0.29) is 23.7 Å². The van der Waals surface area contributed by atoms with Gasteiger partial charge < -0.3 is 15.6 Å². The zero-order chi connectivity index (χ0) is 19.6. The van der Waals surface area contributed by atoms with E-state index < -0.39 is 9.84 Å². The van der Waals surface area contributed by atoms with Gasteiger partial charge in [0, 0.05) is 39.5 Å². The van der Waals surface area contributed by atoms with Gasteiger partial charge in [0.05, 0.1) is 16.8 Å². The summed E-state index contributed by atoms with van der Waals surface area (Å²) in [6, 6.07) is 6.35. The number of rotatable bonds is 6. The molecule has 148 valence electrons. The first kappa shape index (κ1) is 20.6. The van der Waals surface area contributed by atoms with Crippen LogP contribution >= 0.6 is 22.6 Å². The normalized spacial score (nSPS) is 21.9. The Bertz CT molecular complexity index is 917. The van der Waals surface area contributed by atoms with Gasteiger partial charge in [0.15, 0.2) is 0 Å². The van der Waals surface area contributed by atoms with Crippen molar-refractivity contribution in [3.05, 3.63) is 33.5 Å². The summed E-state index contributed by atoms with van der Waals surface area (Å²) in [7, 11) is -2.97. The van der Waals surface area contributed by atoms with Gasteiger partial charge in [-0.1, -0.05) is 0 Å². The summed E-state index contributed by atoms with van der Waals surface area (Å²) in [5.41, 5.74) is 1.56. The minimum absolute atomic E-state index is 0.0391. The van der Waals surface area contributed by atoms with Crippen molar-refractivity contribution < 1.29 is 13.2 Å². The minimum atomic E-state index is -2.97. The molecule has 0 aliphatic heterocycles. The fraction of sp³-hybridized carbons (Fsp3) is 0.526. The molecule has 1 unspecified atom stereocenters. The van der Waals surface area contributed by atoms with E-state index in [1.807, 2.05) is 25.3 Å². The second kappa shape index (κ2) is 8.48. The average Bonchev–Trinajstić information content (AvgIpc) is 3.02. The van der Waals surface area contributed by atoms with Gasteiger partial charge in [0.25, 0.3) is 5.91 Å². The predicted molar refractivity (Wildman–Crippen MR) is 117 cm³/mol. The van der Waals surface area contributed by atoms with Crippen LogP contribution in [0.15, 0.2) is 24.4 Å². The van der Waals surface area contributed by atoms with Crippen LogP contribution in [-0.2, 0) is 9.84 Å². The van der Waals surface area contributed by atoms with E-state index >= 15 is 0 Å². The number of carbonyl (C=O) groups excluding carboxylic acids is 1. The molecule has 6 nitrogen and oxygen atoms in total. The van der Waals surface area contributed by atoms with Gasteiger partial charge in [-0.05, 0) is 73.4 Å². The zero-order valence-electron chi connectivity index (χ0n) is 15.6. The fourth-order valence-corrected chi connectivity index (χ4v) is 5.54. The Balaban J connectivity index is 1.54. The van der Waals surface area contributed by atoms with Crippen LogP contribution in [-0.4, -0.2) is 49.4 Å². The molecule has 3 N–H and O–H groups in total. The molecule has 1 heterocycles. The van der Waals surface area contributed by atoms with E-state index in [9.17, 15) is 13.2 Å². The van der Waals surface area contributed by atoms with Gasteiger partial charge in [-0.3, -0.25) is 4.79 Å². The van der Waals surface area contributed by atoms with E-state index in [2.05, 4.69) is 44.3 Å². The number of H-pyrrole nitrogens is 1. The van der Waals surface area contributed by atoms with Crippen molar-refractivity contribution in [1.82, 2.24) is 15.6 Å². The number of aromatic nitrogens is 1. The molecule has 0 bridgehead atoms. The lowest BCUT2D eigenvalue weighted by Crippen LogP contribution is -2.46. The maximum atomic E-state index is 12.8. The number of nitrogens with one attached hydrogen (secondary N) is 3. The van der Waals surface area contributed by atoms with Crippen molar-refractivity contribution in [2.45, 2.75) is 50.7 Å². The van der Waals surface area contributed by atoms with Gasteiger partial charge >= 0.3 is 0 Å². The first-order valence-corrected chi connectivity index (χ1v) is 12.4. The molecule has 1 atom stereocenters. The van der Waals surface area contributed by atoms with Crippen molar-refractivity contribution in [1.29, 1.82) is 0 Å². The summed E-state index contributed by atoms with van der Waals surface area (Å²) in [4.78, 5) is 15.9. The van der Waals surface area contributed by atoms with Crippen molar-refractivity contribution >= 4 is 49.2 Å². The van der Waals surface area contributed by atoms with E-state index in [1.54, 1.807) is 0 Å². The maximum Gasteiger partial charge on any atom is 0.253 e. The van der Waals surface area contributed by atoms with Crippen LogP contribution in [0.25, 0.3) is 10.9 Å². The molecular formula is C19H26IN3O3S. The lowest BCUT2D eigenvalue weighted by Gasteiger charge is -2.31. The molecule has 3 rings (SSSR count). The van der Waals surface area contributed by atoms with Crippen LogP contribution in [0.4, 0.5) is 0 Å². The predicted octanol–water partition coefficient (Wildman–Crippen LogP) is 2.84. The highest BCUT2D eigenvalue weighted by molar-refractivity contribution is 14.1. The van der Waals surface area contributed by atoms with E-state index in [0.717, 1.165) is 40.2 Å². The summed E-state index contributed by atoms with van der Waals surface area (Å²) in [6.07, 6.45) is 6.78. The van der Waals surface area contributed by atoms with E-state index in [0.29, 0.717) is 11.6 Å². The SMILES string of the molecule is CC(CS(C)(=O)=O)NC1CCC(NC(=O)c2cc(I)cc3cc[nH]c23)CC1. The third kappa shape index (κ3) is 5.68. The average molecular weight is 503 g/mol. The fourth-order valence-electron chi connectivity index (χ4n) is 3.89. The highest BCUT2D eigenvalue weighted by Crippen LogP contribution is 2.23. The number of halogens is 1. The Morgan fingerprint density at radius 1 is 1.26 bits per heavy atom. The summed E-state index contributed by atoms with van der Waals surface area (Å²) >= 11 is 2.23. The first-order valence-electron chi connectivity index (χ1n) is 9.22. The molecule has 1 aliphatic carbocycles. The smallest absolute Gasteiger partial charge is 0.253 e. The van der Waals surface area contributed by atoms with Gasteiger partial charge in [-0.25, -0.2) is 8.42 Å². The second-order valence-corrected chi connectivity index (χ2v) is 11.0. The maximum absolute atomic E-state index is 12.8. The van der Waals surface area contributed by atoms with Crippen molar-refractivity contribution in [2.75, 3.05) is 12.0 Å². The van der Waals surface area contributed by atoms with Gasteiger partial charge in [0.2, 0.25) is 0 Å². The number of fused-ring (bicyclic) bond motifs is 1. The van der Waals surface area contributed by atoms with E-state index in [4.69, 9.17) is 0 Å².